The van der Waals surface area contributed by atoms with Gasteiger partial charge in [-0.15, -0.1) is 5.10 Å². The second kappa shape index (κ2) is 6.57. The maximum atomic E-state index is 12.6. The van der Waals surface area contributed by atoms with Crippen molar-refractivity contribution in [3.05, 3.63) is 90.0 Å². The Bertz CT molecular complexity index is 1010. The summed E-state index contributed by atoms with van der Waals surface area (Å²) in [5, 5.41) is 7.97. The first-order chi connectivity index (χ1) is 12.3. The van der Waals surface area contributed by atoms with E-state index in [2.05, 4.69) is 10.3 Å². The van der Waals surface area contributed by atoms with Crippen LogP contribution < -0.4 is 4.74 Å². The second-order valence-electron chi connectivity index (χ2n) is 5.59. The Kier molecular flexibility index (Phi) is 3.96. The molecule has 4 rings (SSSR count). The zero-order valence-electron chi connectivity index (χ0n) is 13.4. The van der Waals surface area contributed by atoms with E-state index in [-0.39, 0.29) is 5.91 Å². The Morgan fingerprint density at radius 1 is 0.880 bits per heavy atom. The third-order valence-electron chi connectivity index (χ3n) is 3.89. The fourth-order valence-corrected chi connectivity index (χ4v) is 2.58. The molecule has 0 N–H and O–H groups in total. The predicted octanol–water partition coefficient (Wildman–Crippen LogP) is 3.70. The molecular formula is C20H15N3O2. The summed E-state index contributed by atoms with van der Waals surface area (Å²) in [6.45, 7) is 0.488. The lowest BCUT2D eigenvalue weighted by atomic mass is 10.2. The molecule has 0 fully saturated rings. The van der Waals surface area contributed by atoms with E-state index >= 15 is 0 Å². The minimum absolute atomic E-state index is 0.219. The molecule has 0 amide bonds. The lowest BCUT2D eigenvalue weighted by Gasteiger charge is -2.07. The summed E-state index contributed by atoms with van der Waals surface area (Å²) in [6, 6.07) is 24.4. The highest BCUT2D eigenvalue weighted by atomic mass is 16.5. The molecule has 1 aromatic heterocycles. The largest absolute Gasteiger partial charge is 0.489 e. The first-order valence-corrected chi connectivity index (χ1v) is 7.93. The molecule has 5 heteroatoms. The van der Waals surface area contributed by atoms with Crippen molar-refractivity contribution in [2.45, 2.75) is 6.61 Å². The number of hydrogen-bond acceptors (Lipinski definition) is 4. The minimum atomic E-state index is -0.219. The fraction of sp³-hybridized carbons (Fsp3) is 0.0500. The van der Waals surface area contributed by atoms with Crippen LogP contribution in [0, 0.1) is 0 Å². The number of benzene rings is 3. The van der Waals surface area contributed by atoms with Gasteiger partial charge in [-0.05, 0) is 42.0 Å². The van der Waals surface area contributed by atoms with Gasteiger partial charge >= 0.3 is 0 Å². The molecule has 5 nitrogen and oxygen atoms in total. The van der Waals surface area contributed by atoms with Crippen molar-refractivity contribution in [3.63, 3.8) is 0 Å². The predicted molar refractivity (Wildman–Crippen MR) is 94.5 cm³/mol. The van der Waals surface area contributed by atoms with Gasteiger partial charge < -0.3 is 4.74 Å². The zero-order valence-corrected chi connectivity index (χ0v) is 13.4. The van der Waals surface area contributed by atoms with Crippen LogP contribution in [0.2, 0.25) is 0 Å². The first kappa shape index (κ1) is 15.1. The van der Waals surface area contributed by atoms with Crippen LogP contribution in [0.3, 0.4) is 0 Å². The Morgan fingerprint density at radius 2 is 1.60 bits per heavy atom. The van der Waals surface area contributed by atoms with Crippen LogP contribution in [0.4, 0.5) is 0 Å². The van der Waals surface area contributed by atoms with E-state index in [0.29, 0.717) is 29.0 Å². The molecule has 0 atom stereocenters. The third kappa shape index (κ3) is 3.12. The Balaban J connectivity index is 1.51. The summed E-state index contributed by atoms with van der Waals surface area (Å²) in [7, 11) is 0. The molecule has 4 aromatic rings. The molecule has 0 aliphatic rings. The number of carbonyl (C=O) groups excluding carboxylic acids is 1. The van der Waals surface area contributed by atoms with Crippen LogP contribution in [0.5, 0.6) is 5.75 Å². The lowest BCUT2D eigenvalue weighted by molar-refractivity contribution is 0.0948. The number of fused-ring (bicyclic) bond motifs is 1. The molecule has 0 spiro atoms. The van der Waals surface area contributed by atoms with Crippen LogP contribution >= 0.6 is 0 Å². The summed E-state index contributed by atoms with van der Waals surface area (Å²) in [6.07, 6.45) is 0. The van der Waals surface area contributed by atoms with E-state index in [1.165, 1.54) is 4.68 Å². The molecule has 1 heterocycles. The van der Waals surface area contributed by atoms with Crippen LogP contribution in [0.25, 0.3) is 11.0 Å². The highest BCUT2D eigenvalue weighted by Gasteiger charge is 2.13. The van der Waals surface area contributed by atoms with E-state index in [0.717, 1.165) is 5.56 Å². The average Bonchev–Trinajstić information content (AvgIpc) is 3.11. The number of nitrogens with zero attached hydrogens (tertiary/aromatic N) is 3. The van der Waals surface area contributed by atoms with Gasteiger partial charge in [-0.1, -0.05) is 47.7 Å². The van der Waals surface area contributed by atoms with Crippen molar-refractivity contribution in [2.24, 2.45) is 0 Å². The molecule has 3 aromatic carbocycles. The van der Waals surface area contributed by atoms with Gasteiger partial charge in [0.2, 0.25) is 0 Å². The number of rotatable bonds is 4. The van der Waals surface area contributed by atoms with Crippen LogP contribution in [0.1, 0.15) is 15.9 Å². The number of aromatic nitrogens is 3. The van der Waals surface area contributed by atoms with Gasteiger partial charge in [-0.2, -0.15) is 4.68 Å². The molecule has 0 unspecified atom stereocenters. The van der Waals surface area contributed by atoms with Gasteiger partial charge in [0.25, 0.3) is 5.91 Å². The van der Waals surface area contributed by atoms with E-state index in [9.17, 15) is 4.79 Å². The Morgan fingerprint density at radius 3 is 2.40 bits per heavy atom. The van der Waals surface area contributed by atoms with Gasteiger partial charge in [0, 0.05) is 5.56 Å². The molecule has 0 saturated heterocycles. The van der Waals surface area contributed by atoms with Crippen molar-refractivity contribution >= 4 is 16.9 Å². The van der Waals surface area contributed by atoms with Crippen molar-refractivity contribution in [1.29, 1.82) is 0 Å². The minimum Gasteiger partial charge on any atom is -0.489 e. The highest BCUT2D eigenvalue weighted by molar-refractivity contribution is 6.00. The molecular weight excluding hydrogens is 314 g/mol. The molecule has 122 valence electrons. The summed E-state index contributed by atoms with van der Waals surface area (Å²) in [5.41, 5.74) is 3.01. The number of hydrogen-bond donors (Lipinski definition) is 0. The summed E-state index contributed by atoms with van der Waals surface area (Å²) < 4.78 is 7.06. The number of para-hydroxylation sites is 1. The van der Waals surface area contributed by atoms with Gasteiger partial charge in [0.05, 0.1) is 5.52 Å². The van der Waals surface area contributed by atoms with Gasteiger partial charge in [-0.25, -0.2) is 0 Å². The van der Waals surface area contributed by atoms with Gasteiger partial charge in [0.15, 0.2) is 0 Å². The van der Waals surface area contributed by atoms with E-state index in [1.807, 2.05) is 54.6 Å². The van der Waals surface area contributed by atoms with Crippen LogP contribution in [-0.2, 0) is 6.61 Å². The molecule has 0 aliphatic carbocycles. The number of carbonyl (C=O) groups is 1. The Hall–Kier alpha value is -3.47. The number of ether oxygens (including phenoxy) is 1. The van der Waals surface area contributed by atoms with Gasteiger partial charge in [0.1, 0.15) is 17.9 Å². The zero-order chi connectivity index (χ0) is 17.1. The smallest absolute Gasteiger partial charge is 0.280 e. The molecule has 25 heavy (non-hydrogen) atoms. The summed E-state index contributed by atoms with van der Waals surface area (Å²) in [4.78, 5) is 12.6. The van der Waals surface area contributed by atoms with Gasteiger partial charge in [-0.3, -0.25) is 4.79 Å². The molecule has 0 aliphatic heterocycles. The SMILES string of the molecule is O=C(c1ccc(OCc2ccccc2)cc1)n1nnc2ccccc21. The standard InChI is InChI=1S/C20H15N3O2/c24-20(23-19-9-5-4-8-18(19)21-22-23)16-10-12-17(13-11-16)25-14-15-6-2-1-3-7-15/h1-13H,14H2. The second-order valence-corrected chi connectivity index (χ2v) is 5.59. The third-order valence-corrected chi connectivity index (χ3v) is 3.89. The first-order valence-electron chi connectivity index (χ1n) is 7.93. The van der Waals surface area contributed by atoms with Crippen molar-refractivity contribution in [3.8, 4) is 5.75 Å². The maximum absolute atomic E-state index is 12.6. The highest BCUT2D eigenvalue weighted by Crippen LogP contribution is 2.17. The topological polar surface area (TPSA) is 57.0 Å². The van der Waals surface area contributed by atoms with Crippen molar-refractivity contribution < 1.29 is 9.53 Å². The summed E-state index contributed by atoms with van der Waals surface area (Å²) >= 11 is 0. The van der Waals surface area contributed by atoms with Crippen molar-refractivity contribution in [1.82, 2.24) is 15.0 Å². The maximum Gasteiger partial charge on any atom is 0.280 e. The van der Waals surface area contributed by atoms with Crippen LogP contribution in [-0.4, -0.2) is 20.9 Å². The van der Waals surface area contributed by atoms with E-state index < -0.39 is 0 Å². The normalized spacial score (nSPS) is 10.7. The molecule has 0 bridgehead atoms. The van der Waals surface area contributed by atoms with Crippen molar-refractivity contribution in [2.75, 3.05) is 0 Å². The lowest BCUT2D eigenvalue weighted by Crippen LogP contribution is -2.13. The van der Waals surface area contributed by atoms with E-state index in [4.69, 9.17) is 4.74 Å². The fourth-order valence-electron chi connectivity index (χ4n) is 2.58. The van der Waals surface area contributed by atoms with Crippen LogP contribution in [0.15, 0.2) is 78.9 Å². The quantitative estimate of drug-likeness (QED) is 0.573. The average molecular weight is 329 g/mol. The summed E-state index contributed by atoms with van der Waals surface area (Å²) in [5.74, 6) is 0.493. The van der Waals surface area contributed by atoms with E-state index in [1.54, 1.807) is 24.3 Å². The Labute approximate surface area is 144 Å². The monoisotopic (exact) mass is 329 g/mol. The molecule has 0 radical (unpaired) electrons. The molecule has 0 saturated carbocycles.